The van der Waals surface area contributed by atoms with E-state index in [9.17, 15) is 0 Å². The molecule has 1 N–H and O–H groups in total. The molecule has 3 aromatic rings. The lowest BCUT2D eigenvalue weighted by atomic mass is 10.3. The van der Waals surface area contributed by atoms with Gasteiger partial charge in [-0.15, -0.1) is 20.4 Å². The molecule has 1 aromatic carbocycles. The number of para-hydroxylation sites is 1. The third kappa shape index (κ3) is 2.46. The molecule has 0 radical (unpaired) electrons. The van der Waals surface area contributed by atoms with E-state index in [0.29, 0.717) is 11.9 Å². The summed E-state index contributed by atoms with van der Waals surface area (Å²) < 4.78 is 1.61. The molecule has 3 rings (SSSR count). The first kappa shape index (κ1) is 12.2. The number of aryl methyl sites for hydroxylation is 2. The molecule has 0 saturated carbocycles. The van der Waals surface area contributed by atoms with Crippen molar-refractivity contribution >= 4 is 11.6 Å². The Balaban J connectivity index is 1.83. The summed E-state index contributed by atoms with van der Waals surface area (Å²) in [5.74, 6) is 0.704. The van der Waals surface area contributed by atoms with Gasteiger partial charge in [-0.3, -0.25) is 0 Å². The van der Waals surface area contributed by atoms with Gasteiger partial charge in [-0.1, -0.05) is 18.2 Å². The van der Waals surface area contributed by atoms with Crippen molar-refractivity contribution in [2.45, 2.75) is 13.8 Å². The van der Waals surface area contributed by atoms with E-state index in [0.717, 1.165) is 17.1 Å². The van der Waals surface area contributed by atoms with Crippen molar-refractivity contribution in [3.63, 3.8) is 0 Å². The third-order valence-corrected chi connectivity index (χ3v) is 2.70. The quantitative estimate of drug-likeness (QED) is 0.779. The molecule has 0 bridgehead atoms. The summed E-state index contributed by atoms with van der Waals surface area (Å²) in [6, 6.07) is 11.6. The van der Waals surface area contributed by atoms with E-state index in [2.05, 4.69) is 30.8 Å². The van der Waals surface area contributed by atoms with Crippen LogP contribution in [0.15, 0.2) is 36.4 Å². The minimum absolute atomic E-state index is 0.349. The fourth-order valence-corrected chi connectivity index (χ4v) is 1.84. The Morgan fingerprint density at radius 3 is 2.25 bits per heavy atom. The number of benzene rings is 1. The summed E-state index contributed by atoms with van der Waals surface area (Å²) in [6.45, 7) is 3.84. The minimum atomic E-state index is 0.349. The number of nitrogens with one attached hydrogen (secondary N) is 1. The van der Waals surface area contributed by atoms with Gasteiger partial charge in [0.15, 0.2) is 0 Å². The van der Waals surface area contributed by atoms with Crippen LogP contribution in [-0.2, 0) is 0 Å². The fourth-order valence-electron chi connectivity index (χ4n) is 1.84. The number of anilines is 2. The van der Waals surface area contributed by atoms with E-state index in [1.165, 1.54) is 0 Å². The van der Waals surface area contributed by atoms with E-state index in [1.807, 2.05) is 50.2 Å². The number of hydrogen-bond acceptors (Lipinski definition) is 6. The molecule has 0 aliphatic heterocycles. The van der Waals surface area contributed by atoms with Gasteiger partial charge in [-0.25, -0.2) is 4.68 Å². The summed E-state index contributed by atoms with van der Waals surface area (Å²) in [6.07, 6.45) is 0. The van der Waals surface area contributed by atoms with E-state index in [-0.39, 0.29) is 0 Å². The molecule has 20 heavy (non-hydrogen) atoms. The third-order valence-electron chi connectivity index (χ3n) is 2.70. The highest BCUT2D eigenvalue weighted by Crippen LogP contribution is 2.11. The lowest BCUT2D eigenvalue weighted by Crippen LogP contribution is -2.10. The van der Waals surface area contributed by atoms with Crippen LogP contribution in [0.1, 0.15) is 11.4 Å². The van der Waals surface area contributed by atoms with Crippen LogP contribution in [0.3, 0.4) is 0 Å². The second kappa shape index (κ2) is 5.04. The molecular formula is C13H13N7. The van der Waals surface area contributed by atoms with Crippen LogP contribution in [0.25, 0.3) is 5.95 Å². The maximum Gasteiger partial charge on any atom is 0.289 e. The number of hydrogen-bond donors (Lipinski definition) is 1. The molecule has 0 unspecified atom stereocenters. The topological polar surface area (TPSA) is 81.4 Å². The van der Waals surface area contributed by atoms with Gasteiger partial charge in [0.2, 0.25) is 0 Å². The Hall–Kier alpha value is -2.83. The highest BCUT2D eigenvalue weighted by Gasteiger charge is 2.08. The maximum absolute atomic E-state index is 4.29. The Kier molecular flexibility index (Phi) is 3.08. The Morgan fingerprint density at radius 2 is 1.65 bits per heavy atom. The molecule has 0 atom stereocenters. The molecule has 0 fully saturated rings. The molecule has 2 aromatic heterocycles. The molecule has 0 saturated heterocycles. The van der Waals surface area contributed by atoms with Gasteiger partial charge < -0.3 is 5.32 Å². The predicted molar refractivity (Wildman–Crippen MR) is 73.9 cm³/mol. The van der Waals surface area contributed by atoms with Crippen LogP contribution in [0.2, 0.25) is 0 Å². The van der Waals surface area contributed by atoms with Gasteiger partial charge in [0.1, 0.15) is 0 Å². The van der Waals surface area contributed by atoms with E-state index in [1.54, 1.807) is 4.68 Å². The molecule has 2 heterocycles. The van der Waals surface area contributed by atoms with Gasteiger partial charge in [0.25, 0.3) is 11.9 Å². The van der Waals surface area contributed by atoms with Crippen molar-refractivity contribution in [1.29, 1.82) is 0 Å². The number of rotatable bonds is 3. The fraction of sp³-hybridized carbons (Fsp3) is 0.154. The Labute approximate surface area is 115 Å². The number of aromatic nitrogens is 6. The molecule has 0 aliphatic carbocycles. The van der Waals surface area contributed by atoms with Crippen LogP contribution in [0, 0.1) is 13.8 Å². The van der Waals surface area contributed by atoms with Crippen LogP contribution in [0.5, 0.6) is 0 Å². The summed E-state index contributed by atoms with van der Waals surface area (Å²) in [4.78, 5) is 0. The Bertz CT molecular complexity index is 703. The second-order valence-corrected chi connectivity index (χ2v) is 4.35. The largest absolute Gasteiger partial charge is 0.322 e. The van der Waals surface area contributed by atoms with E-state index < -0.39 is 0 Å². The van der Waals surface area contributed by atoms with E-state index in [4.69, 9.17) is 0 Å². The highest BCUT2D eigenvalue weighted by molar-refractivity contribution is 5.51. The van der Waals surface area contributed by atoms with Crippen molar-refractivity contribution in [1.82, 2.24) is 30.2 Å². The average Bonchev–Trinajstić information content (AvgIpc) is 2.80. The molecular weight excluding hydrogens is 254 g/mol. The second-order valence-electron chi connectivity index (χ2n) is 4.35. The minimum Gasteiger partial charge on any atom is -0.322 e. The zero-order chi connectivity index (χ0) is 13.9. The van der Waals surface area contributed by atoms with Crippen LogP contribution in [0.4, 0.5) is 11.6 Å². The summed E-state index contributed by atoms with van der Waals surface area (Å²) in [5, 5.41) is 23.4. The van der Waals surface area contributed by atoms with Gasteiger partial charge in [-0.05, 0) is 32.0 Å². The summed E-state index contributed by atoms with van der Waals surface area (Å²) >= 11 is 0. The average molecular weight is 267 g/mol. The Morgan fingerprint density at radius 1 is 0.950 bits per heavy atom. The monoisotopic (exact) mass is 267 g/mol. The standard InChI is InChI=1S/C13H13N7/c1-9-8-10(2)20(19-9)13-17-15-12(16-18-13)14-11-6-4-3-5-7-11/h3-8H,1-2H3,(H,14,15,16). The van der Waals surface area contributed by atoms with Gasteiger partial charge >= 0.3 is 0 Å². The van der Waals surface area contributed by atoms with Crippen molar-refractivity contribution in [2.75, 3.05) is 5.32 Å². The number of nitrogens with zero attached hydrogens (tertiary/aromatic N) is 6. The van der Waals surface area contributed by atoms with Crippen molar-refractivity contribution < 1.29 is 0 Å². The summed E-state index contributed by atoms with van der Waals surface area (Å²) in [5.41, 5.74) is 2.72. The first-order chi connectivity index (χ1) is 9.72. The first-order valence-corrected chi connectivity index (χ1v) is 6.15. The van der Waals surface area contributed by atoms with Crippen LogP contribution >= 0.6 is 0 Å². The van der Waals surface area contributed by atoms with Crippen LogP contribution < -0.4 is 5.32 Å². The first-order valence-electron chi connectivity index (χ1n) is 6.15. The SMILES string of the molecule is Cc1cc(C)n(-c2nnc(Nc3ccccc3)nn2)n1. The molecule has 7 heteroatoms. The van der Waals surface area contributed by atoms with Crippen molar-refractivity contribution in [3.05, 3.63) is 47.8 Å². The lowest BCUT2D eigenvalue weighted by Gasteiger charge is -2.04. The highest BCUT2D eigenvalue weighted by atomic mass is 15.5. The van der Waals surface area contributed by atoms with Gasteiger partial charge in [-0.2, -0.15) is 5.10 Å². The normalized spacial score (nSPS) is 10.5. The maximum atomic E-state index is 4.29. The zero-order valence-corrected chi connectivity index (χ0v) is 11.1. The van der Waals surface area contributed by atoms with Gasteiger partial charge in [0.05, 0.1) is 5.69 Å². The van der Waals surface area contributed by atoms with Crippen molar-refractivity contribution in [2.24, 2.45) is 0 Å². The molecule has 0 spiro atoms. The van der Waals surface area contributed by atoms with Gasteiger partial charge in [0, 0.05) is 11.4 Å². The smallest absolute Gasteiger partial charge is 0.289 e. The predicted octanol–water partition coefficient (Wildman–Crippen LogP) is 1.81. The van der Waals surface area contributed by atoms with Crippen LogP contribution in [-0.4, -0.2) is 30.2 Å². The molecule has 100 valence electrons. The molecule has 0 amide bonds. The molecule has 7 nitrogen and oxygen atoms in total. The zero-order valence-electron chi connectivity index (χ0n) is 11.1. The van der Waals surface area contributed by atoms with Crippen molar-refractivity contribution in [3.8, 4) is 5.95 Å². The summed E-state index contributed by atoms with van der Waals surface area (Å²) in [7, 11) is 0. The molecule has 0 aliphatic rings. The lowest BCUT2D eigenvalue weighted by molar-refractivity contribution is 0.713. The van der Waals surface area contributed by atoms with E-state index >= 15 is 0 Å².